The summed E-state index contributed by atoms with van der Waals surface area (Å²) in [6, 6.07) is 6.21. The van der Waals surface area contributed by atoms with Crippen molar-refractivity contribution in [1.82, 2.24) is 9.21 Å². The maximum Gasteiger partial charge on any atom is 0.309 e. The molecule has 0 aromatic heterocycles. The molecule has 1 aromatic carbocycles. The third-order valence-corrected chi connectivity index (χ3v) is 7.86. The van der Waals surface area contributed by atoms with Crippen LogP contribution in [-0.2, 0) is 24.3 Å². The number of ether oxygens (including phenoxy) is 1. The van der Waals surface area contributed by atoms with E-state index in [-0.39, 0.29) is 36.5 Å². The lowest BCUT2D eigenvalue weighted by Gasteiger charge is -2.33. The van der Waals surface area contributed by atoms with Crippen LogP contribution in [0, 0.1) is 5.92 Å². The predicted molar refractivity (Wildman–Crippen MR) is 109 cm³/mol. The average Bonchev–Trinajstić information content (AvgIpc) is 2.72. The Balaban J connectivity index is 1.49. The maximum absolute atomic E-state index is 12.7. The lowest BCUT2D eigenvalue weighted by atomic mass is 9.98. The Kier molecular flexibility index (Phi) is 7.19. The van der Waals surface area contributed by atoms with E-state index >= 15 is 0 Å². The normalized spacial score (nSPS) is 21.7. The zero-order valence-corrected chi connectivity index (χ0v) is 18.1. The van der Waals surface area contributed by atoms with Crippen molar-refractivity contribution in [3.8, 4) is 0 Å². The third kappa shape index (κ3) is 5.29. The number of hydrogen-bond acceptors (Lipinski definition) is 5. The monoisotopic (exact) mass is 442 g/mol. The number of rotatable bonds is 5. The molecular weight excluding hydrogens is 416 g/mol. The Bertz CT molecular complexity index is 835. The number of esters is 1. The fourth-order valence-electron chi connectivity index (χ4n) is 3.89. The summed E-state index contributed by atoms with van der Waals surface area (Å²) in [7, 11) is -3.61. The summed E-state index contributed by atoms with van der Waals surface area (Å²) in [4.78, 5) is 26.6. The van der Waals surface area contributed by atoms with Crippen LogP contribution < -0.4 is 0 Å². The van der Waals surface area contributed by atoms with Gasteiger partial charge in [-0.25, -0.2) is 8.42 Å². The molecule has 3 rings (SSSR count). The van der Waals surface area contributed by atoms with Gasteiger partial charge in [0.1, 0.15) is 0 Å². The van der Waals surface area contributed by atoms with Crippen LogP contribution in [0.25, 0.3) is 0 Å². The number of sulfonamides is 1. The van der Waals surface area contributed by atoms with Gasteiger partial charge in [0, 0.05) is 30.7 Å². The largest absolute Gasteiger partial charge is 0.455 e. The first-order chi connectivity index (χ1) is 13.8. The van der Waals surface area contributed by atoms with E-state index in [0.29, 0.717) is 24.4 Å². The molecule has 2 aliphatic rings. The molecule has 7 nitrogen and oxygen atoms in total. The molecule has 2 fully saturated rings. The first-order valence-corrected chi connectivity index (χ1v) is 11.8. The number of hydrogen-bond donors (Lipinski definition) is 0. The summed E-state index contributed by atoms with van der Waals surface area (Å²) in [5.41, 5.74) is 0. The molecule has 1 unspecified atom stereocenters. The predicted octanol–water partition coefficient (Wildman–Crippen LogP) is 2.68. The molecule has 0 spiro atoms. The SMILES string of the molecule is CC1CCCCN1C(=O)COC(=O)C1CCN(S(=O)(=O)c2ccc(Cl)cc2)CC1. The van der Waals surface area contributed by atoms with Gasteiger partial charge in [0.05, 0.1) is 10.8 Å². The highest BCUT2D eigenvalue weighted by Crippen LogP contribution is 2.25. The highest BCUT2D eigenvalue weighted by atomic mass is 35.5. The number of piperidine rings is 2. The second-order valence-electron chi connectivity index (χ2n) is 7.67. The minimum Gasteiger partial charge on any atom is -0.455 e. The fraction of sp³-hybridized carbons (Fsp3) is 0.600. The highest BCUT2D eigenvalue weighted by molar-refractivity contribution is 7.89. The summed E-state index contributed by atoms with van der Waals surface area (Å²) in [6.45, 7) is 2.95. The molecular formula is C20H27ClN2O5S. The quantitative estimate of drug-likeness (QED) is 0.654. The Hall–Kier alpha value is -1.64. The van der Waals surface area contributed by atoms with Crippen LogP contribution in [0.15, 0.2) is 29.2 Å². The summed E-state index contributed by atoms with van der Waals surface area (Å²) in [5.74, 6) is -0.974. The zero-order chi connectivity index (χ0) is 21.0. The van der Waals surface area contributed by atoms with Gasteiger partial charge in [-0.2, -0.15) is 4.31 Å². The summed E-state index contributed by atoms with van der Waals surface area (Å²) in [6.07, 6.45) is 3.81. The molecule has 1 amide bonds. The lowest BCUT2D eigenvalue weighted by molar-refractivity contribution is -0.157. The van der Waals surface area contributed by atoms with Crippen molar-refractivity contribution in [1.29, 1.82) is 0 Å². The first-order valence-electron chi connectivity index (χ1n) is 10.0. The Labute approximate surface area is 177 Å². The van der Waals surface area contributed by atoms with Crippen LogP contribution in [0.3, 0.4) is 0 Å². The van der Waals surface area contributed by atoms with Crippen molar-refractivity contribution < 1.29 is 22.7 Å². The number of benzene rings is 1. The van der Waals surface area contributed by atoms with E-state index < -0.39 is 21.9 Å². The second-order valence-corrected chi connectivity index (χ2v) is 10.0. The molecule has 0 saturated carbocycles. The molecule has 0 aliphatic carbocycles. The van der Waals surface area contributed by atoms with Crippen LogP contribution in [0.2, 0.25) is 5.02 Å². The van der Waals surface area contributed by atoms with Gasteiger partial charge in [-0.3, -0.25) is 9.59 Å². The number of likely N-dealkylation sites (tertiary alicyclic amines) is 1. The van der Waals surface area contributed by atoms with Gasteiger partial charge in [0.25, 0.3) is 5.91 Å². The molecule has 1 aromatic rings. The molecule has 9 heteroatoms. The van der Waals surface area contributed by atoms with Crippen molar-refractivity contribution in [3.63, 3.8) is 0 Å². The molecule has 0 N–H and O–H groups in total. The van der Waals surface area contributed by atoms with Crippen molar-refractivity contribution in [3.05, 3.63) is 29.3 Å². The topological polar surface area (TPSA) is 84.0 Å². The molecule has 2 saturated heterocycles. The van der Waals surface area contributed by atoms with Crippen LogP contribution in [0.1, 0.15) is 39.0 Å². The van der Waals surface area contributed by atoms with Gasteiger partial charge in [-0.1, -0.05) is 11.6 Å². The van der Waals surface area contributed by atoms with Crippen LogP contribution in [0.5, 0.6) is 0 Å². The van der Waals surface area contributed by atoms with E-state index in [4.69, 9.17) is 16.3 Å². The zero-order valence-electron chi connectivity index (χ0n) is 16.5. The number of amides is 1. The van der Waals surface area contributed by atoms with Crippen molar-refractivity contribution >= 4 is 33.5 Å². The average molecular weight is 443 g/mol. The standard InChI is InChI=1S/C20H27ClN2O5S/c1-15-4-2-3-11-23(15)19(24)14-28-20(25)16-9-12-22(13-10-16)29(26,27)18-7-5-17(21)6-8-18/h5-8,15-16H,2-4,9-14H2,1H3. The Morgan fingerprint density at radius 2 is 1.72 bits per heavy atom. The van der Waals surface area contributed by atoms with Gasteiger partial charge in [-0.05, 0) is 63.3 Å². The van der Waals surface area contributed by atoms with Gasteiger partial charge in [-0.15, -0.1) is 0 Å². The first kappa shape index (κ1) is 22.1. The van der Waals surface area contributed by atoms with Crippen molar-refractivity contribution in [2.75, 3.05) is 26.2 Å². The second kappa shape index (κ2) is 9.45. The third-order valence-electron chi connectivity index (χ3n) is 5.70. The summed E-state index contributed by atoms with van der Waals surface area (Å²) in [5, 5.41) is 0.471. The van der Waals surface area contributed by atoms with E-state index in [1.807, 2.05) is 6.92 Å². The van der Waals surface area contributed by atoms with E-state index in [2.05, 4.69) is 0 Å². The van der Waals surface area contributed by atoms with Gasteiger partial charge >= 0.3 is 5.97 Å². The minimum atomic E-state index is -3.61. The summed E-state index contributed by atoms with van der Waals surface area (Å²) >= 11 is 5.82. The van der Waals surface area contributed by atoms with Crippen LogP contribution in [-0.4, -0.2) is 61.8 Å². The minimum absolute atomic E-state index is 0.159. The fourth-order valence-corrected chi connectivity index (χ4v) is 5.49. The number of nitrogens with zero attached hydrogens (tertiary/aromatic N) is 2. The number of carbonyl (C=O) groups is 2. The number of carbonyl (C=O) groups excluding carboxylic acids is 2. The van der Waals surface area contributed by atoms with Crippen molar-refractivity contribution in [2.24, 2.45) is 5.92 Å². The highest BCUT2D eigenvalue weighted by Gasteiger charge is 2.33. The van der Waals surface area contributed by atoms with Gasteiger partial charge in [0.2, 0.25) is 10.0 Å². The number of halogens is 1. The van der Waals surface area contributed by atoms with E-state index in [1.54, 1.807) is 17.0 Å². The summed E-state index contributed by atoms with van der Waals surface area (Å²) < 4.78 is 32.1. The van der Waals surface area contributed by atoms with E-state index in [1.165, 1.54) is 16.4 Å². The van der Waals surface area contributed by atoms with Gasteiger partial charge in [0.15, 0.2) is 6.61 Å². The Morgan fingerprint density at radius 3 is 2.34 bits per heavy atom. The molecule has 2 heterocycles. The molecule has 1 atom stereocenters. The lowest BCUT2D eigenvalue weighted by Crippen LogP contribution is -2.45. The molecule has 0 radical (unpaired) electrons. The van der Waals surface area contributed by atoms with Gasteiger partial charge < -0.3 is 9.64 Å². The molecule has 160 valence electrons. The maximum atomic E-state index is 12.7. The van der Waals surface area contributed by atoms with Crippen LogP contribution >= 0.6 is 11.6 Å². The smallest absolute Gasteiger partial charge is 0.309 e. The molecule has 0 bridgehead atoms. The van der Waals surface area contributed by atoms with Crippen LogP contribution in [0.4, 0.5) is 0 Å². The molecule has 2 aliphatic heterocycles. The Morgan fingerprint density at radius 1 is 1.07 bits per heavy atom. The van der Waals surface area contributed by atoms with E-state index in [9.17, 15) is 18.0 Å². The molecule has 29 heavy (non-hydrogen) atoms. The van der Waals surface area contributed by atoms with Crippen molar-refractivity contribution in [2.45, 2.75) is 50.0 Å². The van der Waals surface area contributed by atoms with E-state index in [0.717, 1.165) is 19.3 Å².